The number of anilines is 1. The predicted octanol–water partition coefficient (Wildman–Crippen LogP) is -0.616. The first-order valence-corrected chi connectivity index (χ1v) is 3.26. The van der Waals surface area contributed by atoms with E-state index in [0.29, 0.717) is 0 Å². The van der Waals surface area contributed by atoms with Crippen molar-refractivity contribution in [3.05, 3.63) is 18.5 Å². The van der Waals surface area contributed by atoms with Crippen LogP contribution in [0.1, 0.15) is 0 Å². The number of aliphatic carboxylic acids is 1. The fraction of sp³-hybridized carbons (Fsp3) is 0. The largest absolute Gasteiger partial charge is 0.478 e. The van der Waals surface area contributed by atoms with Gasteiger partial charge < -0.3 is 5.11 Å². The highest BCUT2D eigenvalue weighted by molar-refractivity contribution is 6.01. The minimum atomic E-state index is -1.19. The summed E-state index contributed by atoms with van der Waals surface area (Å²) in [6.45, 7) is 0. The number of hydrogen-bond donors (Lipinski definition) is 3. The van der Waals surface area contributed by atoms with Crippen LogP contribution in [0.5, 0.6) is 0 Å². The summed E-state index contributed by atoms with van der Waals surface area (Å²) in [6, 6.07) is 0. The molecule has 3 N–H and O–H groups in total. The topological polar surface area (TPSA) is 108 Å². The number of nitrogens with one attached hydrogen (secondary N) is 2. The normalized spacial score (nSPS) is 10.2. The standard InChI is InChI=1S/C6H6N4O3/c11-4(1-2-5(12)13)9-6-7-3-8-10-6/h1-3H,(H,12,13)(H2,7,8,9,10,11). The van der Waals surface area contributed by atoms with Gasteiger partial charge in [0.2, 0.25) is 5.95 Å². The molecule has 1 aromatic rings. The van der Waals surface area contributed by atoms with Gasteiger partial charge in [0.05, 0.1) is 0 Å². The molecule has 0 aliphatic heterocycles. The van der Waals surface area contributed by atoms with Crippen molar-refractivity contribution < 1.29 is 14.7 Å². The zero-order valence-corrected chi connectivity index (χ0v) is 6.39. The van der Waals surface area contributed by atoms with Crippen LogP contribution in [-0.4, -0.2) is 32.2 Å². The second kappa shape index (κ2) is 4.00. The molecule has 1 aromatic heterocycles. The summed E-state index contributed by atoms with van der Waals surface area (Å²) < 4.78 is 0. The van der Waals surface area contributed by atoms with E-state index in [1.807, 2.05) is 0 Å². The first kappa shape index (κ1) is 8.91. The van der Waals surface area contributed by atoms with Crippen LogP contribution in [0.4, 0.5) is 5.95 Å². The number of aromatic nitrogens is 3. The lowest BCUT2D eigenvalue weighted by molar-refractivity contribution is -0.131. The molecule has 0 unspecified atom stereocenters. The van der Waals surface area contributed by atoms with Gasteiger partial charge in [-0.3, -0.25) is 10.1 Å². The lowest BCUT2D eigenvalue weighted by Gasteiger charge is -1.93. The molecule has 13 heavy (non-hydrogen) atoms. The first-order chi connectivity index (χ1) is 6.18. The SMILES string of the molecule is O=C(O)C=CC(=O)Nc1ncn[nH]1. The summed E-state index contributed by atoms with van der Waals surface area (Å²) in [7, 11) is 0. The summed E-state index contributed by atoms with van der Waals surface area (Å²) in [5, 5.41) is 16.3. The molecule has 0 atom stereocenters. The van der Waals surface area contributed by atoms with Crippen molar-refractivity contribution in [2.24, 2.45) is 0 Å². The Hall–Kier alpha value is -2.18. The summed E-state index contributed by atoms with van der Waals surface area (Å²) in [4.78, 5) is 24.5. The first-order valence-electron chi connectivity index (χ1n) is 3.26. The smallest absolute Gasteiger partial charge is 0.328 e. The van der Waals surface area contributed by atoms with E-state index in [4.69, 9.17) is 5.11 Å². The van der Waals surface area contributed by atoms with Crippen LogP contribution in [0.2, 0.25) is 0 Å². The molecule has 1 rings (SSSR count). The van der Waals surface area contributed by atoms with Crippen LogP contribution in [0, 0.1) is 0 Å². The molecule has 7 nitrogen and oxygen atoms in total. The van der Waals surface area contributed by atoms with Crippen LogP contribution >= 0.6 is 0 Å². The van der Waals surface area contributed by atoms with Crippen LogP contribution in [0.25, 0.3) is 0 Å². The van der Waals surface area contributed by atoms with Crippen LogP contribution in [0.3, 0.4) is 0 Å². The molecule has 0 fully saturated rings. The Bertz CT molecular complexity index is 330. The molecule has 0 saturated carbocycles. The van der Waals surface area contributed by atoms with E-state index in [0.717, 1.165) is 12.2 Å². The van der Waals surface area contributed by atoms with Gasteiger partial charge >= 0.3 is 5.97 Å². The molecular formula is C6H6N4O3. The Balaban J connectivity index is 2.47. The second-order valence-corrected chi connectivity index (χ2v) is 1.99. The van der Waals surface area contributed by atoms with Gasteiger partial charge in [-0.15, -0.1) is 0 Å². The average Bonchev–Trinajstić information content (AvgIpc) is 2.53. The predicted molar refractivity (Wildman–Crippen MR) is 41.8 cm³/mol. The van der Waals surface area contributed by atoms with Crippen molar-refractivity contribution in [3.8, 4) is 0 Å². The zero-order valence-electron chi connectivity index (χ0n) is 6.39. The molecule has 0 bridgehead atoms. The minimum absolute atomic E-state index is 0.167. The van der Waals surface area contributed by atoms with Gasteiger partial charge in [0, 0.05) is 12.2 Å². The molecule has 0 saturated heterocycles. The number of nitrogens with zero attached hydrogens (tertiary/aromatic N) is 2. The molecular weight excluding hydrogens is 176 g/mol. The second-order valence-electron chi connectivity index (χ2n) is 1.99. The van der Waals surface area contributed by atoms with Gasteiger partial charge in [-0.05, 0) is 0 Å². The van der Waals surface area contributed by atoms with E-state index < -0.39 is 11.9 Å². The molecule has 7 heteroatoms. The third kappa shape index (κ3) is 3.14. The van der Waals surface area contributed by atoms with Crippen molar-refractivity contribution in [1.29, 1.82) is 0 Å². The average molecular weight is 182 g/mol. The number of H-pyrrole nitrogens is 1. The number of carbonyl (C=O) groups excluding carboxylic acids is 1. The van der Waals surface area contributed by atoms with E-state index in [1.165, 1.54) is 6.33 Å². The fourth-order valence-electron chi connectivity index (χ4n) is 0.571. The number of rotatable bonds is 3. The molecule has 0 radical (unpaired) electrons. The van der Waals surface area contributed by atoms with Crippen molar-refractivity contribution in [3.63, 3.8) is 0 Å². The van der Waals surface area contributed by atoms with Crippen LogP contribution in [-0.2, 0) is 9.59 Å². The molecule has 1 amide bonds. The van der Waals surface area contributed by atoms with Crippen molar-refractivity contribution in [1.82, 2.24) is 15.2 Å². The quantitative estimate of drug-likeness (QED) is 0.540. The Morgan fingerprint density at radius 3 is 2.85 bits per heavy atom. The molecule has 1 heterocycles. The van der Waals surface area contributed by atoms with Crippen LogP contribution in [0.15, 0.2) is 18.5 Å². The highest BCUT2D eigenvalue weighted by Gasteiger charge is 1.99. The molecule has 0 aromatic carbocycles. The summed E-state index contributed by atoms with van der Waals surface area (Å²) in [6.07, 6.45) is 2.83. The minimum Gasteiger partial charge on any atom is -0.478 e. The van der Waals surface area contributed by atoms with Gasteiger partial charge in [0.25, 0.3) is 5.91 Å². The summed E-state index contributed by atoms with van der Waals surface area (Å²) in [5.74, 6) is -1.60. The van der Waals surface area contributed by atoms with Crippen molar-refractivity contribution >= 4 is 17.8 Å². The Labute approximate surface area is 72.5 Å². The van der Waals surface area contributed by atoms with Gasteiger partial charge in [0.15, 0.2) is 0 Å². The van der Waals surface area contributed by atoms with Gasteiger partial charge in [-0.1, -0.05) is 0 Å². The monoisotopic (exact) mass is 182 g/mol. The Morgan fingerprint density at radius 1 is 1.54 bits per heavy atom. The molecule has 68 valence electrons. The van der Waals surface area contributed by atoms with E-state index in [9.17, 15) is 9.59 Å². The van der Waals surface area contributed by atoms with E-state index >= 15 is 0 Å². The van der Waals surface area contributed by atoms with Crippen LogP contribution < -0.4 is 5.32 Å². The molecule has 0 aliphatic rings. The Kier molecular flexibility index (Phi) is 2.74. The fourth-order valence-corrected chi connectivity index (χ4v) is 0.571. The number of carboxylic acids is 1. The highest BCUT2D eigenvalue weighted by Crippen LogP contribution is 1.91. The van der Waals surface area contributed by atoms with E-state index in [-0.39, 0.29) is 5.95 Å². The number of carbonyl (C=O) groups is 2. The van der Waals surface area contributed by atoms with Gasteiger partial charge in [-0.2, -0.15) is 10.1 Å². The lowest BCUT2D eigenvalue weighted by atomic mass is 10.5. The maximum atomic E-state index is 10.9. The third-order valence-corrected chi connectivity index (χ3v) is 1.03. The van der Waals surface area contributed by atoms with Gasteiger partial charge in [-0.25, -0.2) is 9.89 Å². The van der Waals surface area contributed by atoms with Crippen molar-refractivity contribution in [2.75, 3.05) is 5.32 Å². The molecule has 0 aliphatic carbocycles. The lowest BCUT2D eigenvalue weighted by Crippen LogP contribution is -2.09. The summed E-state index contributed by atoms with van der Waals surface area (Å²) in [5.41, 5.74) is 0. The van der Waals surface area contributed by atoms with Gasteiger partial charge in [0.1, 0.15) is 6.33 Å². The van der Waals surface area contributed by atoms with Crippen molar-refractivity contribution in [2.45, 2.75) is 0 Å². The maximum absolute atomic E-state index is 10.9. The number of aromatic amines is 1. The van der Waals surface area contributed by atoms with E-state index in [2.05, 4.69) is 20.5 Å². The summed E-state index contributed by atoms with van der Waals surface area (Å²) >= 11 is 0. The number of amides is 1. The number of carboxylic acid groups (broad SMARTS) is 1. The third-order valence-electron chi connectivity index (χ3n) is 1.03. The Morgan fingerprint density at radius 2 is 2.31 bits per heavy atom. The number of hydrogen-bond acceptors (Lipinski definition) is 4. The highest BCUT2D eigenvalue weighted by atomic mass is 16.4. The zero-order chi connectivity index (χ0) is 9.68. The maximum Gasteiger partial charge on any atom is 0.328 e. The molecule has 0 spiro atoms. The van der Waals surface area contributed by atoms with E-state index in [1.54, 1.807) is 0 Å².